The van der Waals surface area contributed by atoms with Gasteiger partial charge in [-0.2, -0.15) is 0 Å². The summed E-state index contributed by atoms with van der Waals surface area (Å²) in [6.45, 7) is 2.38. The SMILES string of the molecule is Cc1cc(CCCCCOc2c(Cl)cc(C(=O)NCCCl)cc2[N+](=O)[O-])on1. The molecule has 10 heteroatoms. The summed E-state index contributed by atoms with van der Waals surface area (Å²) in [4.78, 5) is 22.7. The van der Waals surface area contributed by atoms with E-state index in [4.69, 9.17) is 32.5 Å². The number of nitrogens with zero attached hydrogens (tertiary/aromatic N) is 2. The number of unbranched alkanes of at least 4 members (excludes halogenated alkanes) is 2. The number of hydrogen-bond acceptors (Lipinski definition) is 6. The van der Waals surface area contributed by atoms with Crippen LogP contribution < -0.4 is 10.1 Å². The van der Waals surface area contributed by atoms with Gasteiger partial charge in [0.25, 0.3) is 5.91 Å². The minimum Gasteiger partial charge on any atom is -0.486 e. The number of aromatic nitrogens is 1. The summed E-state index contributed by atoms with van der Waals surface area (Å²) >= 11 is 11.6. The number of nitro benzene ring substituents is 1. The first-order valence-corrected chi connectivity index (χ1v) is 9.70. The molecule has 0 aliphatic heterocycles. The van der Waals surface area contributed by atoms with Gasteiger partial charge in [0.05, 0.1) is 22.2 Å². The lowest BCUT2D eigenvalue weighted by atomic mass is 10.1. The Labute approximate surface area is 172 Å². The van der Waals surface area contributed by atoms with Crippen LogP contribution in [-0.2, 0) is 6.42 Å². The Morgan fingerprint density at radius 3 is 2.75 bits per heavy atom. The highest BCUT2D eigenvalue weighted by molar-refractivity contribution is 6.32. The number of hydrogen-bond donors (Lipinski definition) is 1. The minimum atomic E-state index is -0.619. The van der Waals surface area contributed by atoms with Crippen LogP contribution in [0.1, 0.15) is 41.1 Å². The maximum atomic E-state index is 12.0. The number of nitro groups is 1. The molecule has 2 rings (SSSR count). The Hall–Kier alpha value is -2.32. The van der Waals surface area contributed by atoms with E-state index in [1.54, 1.807) is 0 Å². The van der Waals surface area contributed by atoms with E-state index in [1.807, 2.05) is 13.0 Å². The zero-order valence-corrected chi connectivity index (χ0v) is 16.9. The number of rotatable bonds is 11. The number of nitrogens with one attached hydrogen (secondary N) is 1. The summed E-state index contributed by atoms with van der Waals surface area (Å²) in [5.74, 6) is 0.546. The first-order valence-electron chi connectivity index (χ1n) is 8.79. The molecule has 0 saturated heterocycles. The number of alkyl halides is 1. The molecule has 28 heavy (non-hydrogen) atoms. The first-order chi connectivity index (χ1) is 13.4. The van der Waals surface area contributed by atoms with Crippen molar-refractivity contribution in [2.24, 2.45) is 0 Å². The zero-order valence-electron chi connectivity index (χ0n) is 15.4. The van der Waals surface area contributed by atoms with Crippen LogP contribution in [0.5, 0.6) is 5.75 Å². The van der Waals surface area contributed by atoms with Gasteiger partial charge in [0.15, 0.2) is 0 Å². The van der Waals surface area contributed by atoms with Crippen molar-refractivity contribution >= 4 is 34.8 Å². The molecular weight excluding hydrogens is 409 g/mol. The quantitative estimate of drug-likeness (QED) is 0.246. The van der Waals surface area contributed by atoms with E-state index in [0.29, 0.717) is 6.42 Å². The van der Waals surface area contributed by atoms with E-state index < -0.39 is 10.8 Å². The van der Waals surface area contributed by atoms with Crippen LogP contribution in [0, 0.1) is 17.0 Å². The monoisotopic (exact) mass is 429 g/mol. The highest BCUT2D eigenvalue weighted by atomic mass is 35.5. The topological polar surface area (TPSA) is 108 Å². The molecule has 0 aliphatic carbocycles. The number of halogens is 2. The van der Waals surface area contributed by atoms with Crippen molar-refractivity contribution in [3.63, 3.8) is 0 Å². The predicted molar refractivity (Wildman–Crippen MR) is 105 cm³/mol. The molecule has 8 nitrogen and oxygen atoms in total. The fourth-order valence-electron chi connectivity index (χ4n) is 2.54. The lowest BCUT2D eigenvalue weighted by Crippen LogP contribution is -2.25. The molecule has 1 heterocycles. The van der Waals surface area contributed by atoms with Gasteiger partial charge >= 0.3 is 5.69 Å². The van der Waals surface area contributed by atoms with Crippen molar-refractivity contribution < 1.29 is 19.0 Å². The number of carbonyl (C=O) groups excluding carboxylic acids is 1. The predicted octanol–water partition coefficient (Wildman–Crippen LogP) is 4.31. The average Bonchev–Trinajstić information content (AvgIpc) is 3.08. The van der Waals surface area contributed by atoms with Crippen molar-refractivity contribution in [1.82, 2.24) is 10.5 Å². The smallest absolute Gasteiger partial charge is 0.313 e. The number of carbonyl (C=O) groups is 1. The third-order valence-electron chi connectivity index (χ3n) is 3.85. The fourth-order valence-corrected chi connectivity index (χ4v) is 2.90. The Morgan fingerprint density at radius 1 is 1.32 bits per heavy atom. The van der Waals surface area contributed by atoms with Crippen LogP contribution in [0.2, 0.25) is 5.02 Å². The molecule has 0 radical (unpaired) electrons. The Morgan fingerprint density at radius 2 is 2.11 bits per heavy atom. The largest absolute Gasteiger partial charge is 0.486 e. The zero-order chi connectivity index (χ0) is 20.5. The third kappa shape index (κ3) is 6.38. The molecular formula is C18H21Cl2N3O5. The van der Waals surface area contributed by atoms with Gasteiger partial charge in [-0.3, -0.25) is 14.9 Å². The van der Waals surface area contributed by atoms with Crippen LogP contribution in [0.3, 0.4) is 0 Å². The van der Waals surface area contributed by atoms with Crippen molar-refractivity contribution in [1.29, 1.82) is 0 Å². The van der Waals surface area contributed by atoms with Gasteiger partial charge in [-0.1, -0.05) is 16.8 Å². The van der Waals surface area contributed by atoms with E-state index in [-0.39, 0.29) is 41.1 Å². The minimum absolute atomic E-state index is 0.0161. The molecule has 1 aromatic heterocycles. The molecule has 0 bridgehead atoms. The van der Waals surface area contributed by atoms with E-state index >= 15 is 0 Å². The lowest BCUT2D eigenvalue weighted by Gasteiger charge is -2.10. The normalized spacial score (nSPS) is 10.7. The fraction of sp³-hybridized carbons (Fsp3) is 0.444. The van der Waals surface area contributed by atoms with Crippen molar-refractivity contribution in [3.8, 4) is 5.75 Å². The summed E-state index contributed by atoms with van der Waals surface area (Å²) in [7, 11) is 0. The van der Waals surface area contributed by atoms with Gasteiger partial charge in [-0.05, 0) is 32.3 Å². The summed E-state index contributed by atoms with van der Waals surface area (Å²) in [5, 5.41) is 17.7. The van der Waals surface area contributed by atoms with E-state index in [1.165, 1.54) is 6.07 Å². The van der Waals surface area contributed by atoms with Gasteiger partial charge in [0.1, 0.15) is 5.76 Å². The molecule has 2 aromatic rings. The second-order valence-corrected chi connectivity index (χ2v) is 6.89. The van der Waals surface area contributed by atoms with Crippen LogP contribution in [0.25, 0.3) is 0 Å². The van der Waals surface area contributed by atoms with Crippen molar-refractivity contribution in [2.75, 3.05) is 19.0 Å². The van der Waals surface area contributed by atoms with Crippen molar-refractivity contribution in [3.05, 3.63) is 50.4 Å². The summed E-state index contributed by atoms with van der Waals surface area (Å²) < 4.78 is 10.7. The third-order valence-corrected chi connectivity index (χ3v) is 4.32. The maximum absolute atomic E-state index is 12.0. The van der Waals surface area contributed by atoms with E-state index in [9.17, 15) is 14.9 Å². The standard InChI is InChI=1S/C18H21Cl2N3O5/c1-12-9-14(28-22-12)5-3-2-4-8-27-17-15(20)10-13(11-16(17)23(25)26)18(24)21-7-6-19/h9-11H,2-8H2,1H3,(H,21,24). The van der Waals surface area contributed by atoms with Gasteiger partial charge in [0.2, 0.25) is 5.75 Å². The molecule has 0 saturated carbocycles. The molecule has 0 atom stereocenters. The second-order valence-electron chi connectivity index (χ2n) is 6.10. The Kier molecular flexibility index (Phi) is 8.53. The second kappa shape index (κ2) is 10.9. The number of ether oxygens (including phenoxy) is 1. The van der Waals surface area contributed by atoms with Crippen LogP contribution in [0.4, 0.5) is 5.69 Å². The first kappa shape index (κ1) is 22.0. The van der Waals surface area contributed by atoms with Crippen LogP contribution in [0.15, 0.2) is 22.7 Å². The van der Waals surface area contributed by atoms with Crippen LogP contribution >= 0.6 is 23.2 Å². The molecule has 1 amide bonds. The average molecular weight is 430 g/mol. The highest BCUT2D eigenvalue weighted by Crippen LogP contribution is 2.36. The van der Waals surface area contributed by atoms with Gasteiger partial charge < -0.3 is 14.6 Å². The molecule has 1 N–H and O–H groups in total. The number of benzene rings is 1. The molecule has 0 unspecified atom stereocenters. The number of amides is 1. The van der Waals surface area contributed by atoms with E-state index in [0.717, 1.165) is 36.8 Å². The van der Waals surface area contributed by atoms with E-state index in [2.05, 4.69) is 10.5 Å². The van der Waals surface area contributed by atoms with Gasteiger partial charge in [0, 0.05) is 36.5 Å². The number of aryl methyl sites for hydroxylation is 2. The Bertz CT molecular complexity index is 826. The maximum Gasteiger partial charge on any atom is 0.313 e. The molecule has 0 aliphatic rings. The summed E-state index contributed by atoms with van der Waals surface area (Å²) in [6.07, 6.45) is 3.20. The molecule has 0 fully saturated rings. The van der Waals surface area contributed by atoms with Gasteiger partial charge in [-0.15, -0.1) is 11.6 Å². The molecule has 0 spiro atoms. The molecule has 1 aromatic carbocycles. The lowest BCUT2D eigenvalue weighted by molar-refractivity contribution is -0.385. The summed E-state index contributed by atoms with van der Waals surface area (Å²) in [6, 6.07) is 4.39. The van der Waals surface area contributed by atoms with Crippen molar-refractivity contribution in [2.45, 2.75) is 32.6 Å². The molecule has 152 valence electrons. The van der Waals surface area contributed by atoms with Gasteiger partial charge in [-0.25, -0.2) is 0 Å². The highest BCUT2D eigenvalue weighted by Gasteiger charge is 2.23. The van der Waals surface area contributed by atoms with Crippen LogP contribution in [-0.4, -0.2) is 35.0 Å². The Balaban J connectivity index is 1.90. The summed E-state index contributed by atoms with van der Waals surface area (Å²) in [5.41, 5.74) is 0.581.